The Morgan fingerprint density at radius 2 is 2.33 bits per heavy atom. The van der Waals surface area contributed by atoms with Crippen molar-refractivity contribution in [1.82, 2.24) is 0 Å². The third-order valence-electron chi connectivity index (χ3n) is 2.65. The van der Waals surface area contributed by atoms with E-state index in [4.69, 9.17) is 10.5 Å². The molecule has 6 nitrogen and oxygen atoms in total. The van der Waals surface area contributed by atoms with Gasteiger partial charge in [-0.15, -0.1) is 0 Å². The molecule has 1 unspecified atom stereocenters. The van der Waals surface area contributed by atoms with E-state index in [0.717, 1.165) is 0 Å². The Kier molecular flexibility index (Phi) is 3.47. The minimum Gasteiger partial charge on any atom is -0.478 e. The van der Waals surface area contributed by atoms with E-state index in [1.807, 2.05) is 0 Å². The summed E-state index contributed by atoms with van der Waals surface area (Å²) >= 11 is 0. The molecule has 1 aromatic carbocycles. The smallest absolute Gasteiger partial charge is 0.337 e. The number of amides is 1. The second kappa shape index (κ2) is 5.05. The molecule has 0 fully saturated rings. The molecule has 0 saturated heterocycles. The predicted molar refractivity (Wildman–Crippen MR) is 64.5 cm³/mol. The second-order valence-corrected chi connectivity index (χ2v) is 3.88. The Hall–Kier alpha value is -2.08. The summed E-state index contributed by atoms with van der Waals surface area (Å²) < 4.78 is 10.1. The van der Waals surface area contributed by atoms with Crippen molar-refractivity contribution < 1.29 is 19.1 Å². The van der Waals surface area contributed by atoms with E-state index in [1.54, 1.807) is 18.2 Å². The number of carbonyl (C=O) groups is 2. The summed E-state index contributed by atoms with van der Waals surface area (Å²) in [7, 11) is 1.31. The van der Waals surface area contributed by atoms with Crippen LogP contribution in [0.2, 0.25) is 0 Å². The van der Waals surface area contributed by atoms with Crippen molar-refractivity contribution in [2.45, 2.75) is 12.5 Å². The zero-order valence-electron chi connectivity index (χ0n) is 9.93. The average Bonchev–Trinajstić information content (AvgIpc) is 2.38. The molecule has 6 heteroatoms. The first-order valence-electron chi connectivity index (χ1n) is 5.55. The van der Waals surface area contributed by atoms with Crippen LogP contribution in [0.5, 0.6) is 5.75 Å². The van der Waals surface area contributed by atoms with Crippen LogP contribution in [0.4, 0.5) is 5.69 Å². The van der Waals surface area contributed by atoms with Crippen molar-refractivity contribution in [3.8, 4) is 5.75 Å². The summed E-state index contributed by atoms with van der Waals surface area (Å²) in [6.45, 7) is 0.351. The molecular formula is C12H14N2O4. The Morgan fingerprint density at radius 3 is 3.00 bits per heavy atom. The molecule has 0 saturated carbocycles. The number of esters is 1. The van der Waals surface area contributed by atoms with Gasteiger partial charge < -0.3 is 20.5 Å². The van der Waals surface area contributed by atoms with Crippen LogP contribution in [0.3, 0.4) is 0 Å². The molecule has 0 bridgehead atoms. The summed E-state index contributed by atoms with van der Waals surface area (Å²) in [5, 5.41) is 2.71. The zero-order valence-corrected chi connectivity index (χ0v) is 9.93. The Labute approximate surface area is 104 Å². The first kappa shape index (κ1) is 12.4. The first-order chi connectivity index (χ1) is 8.65. The molecule has 18 heavy (non-hydrogen) atoms. The molecule has 1 heterocycles. The van der Waals surface area contributed by atoms with Crippen LogP contribution in [0.1, 0.15) is 16.8 Å². The fourth-order valence-corrected chi connectivity index (χ4v) is 1.73. The number of methoxy groups -OCH3 is 1. The predicted octanol–water partition coefficient (Wildman–Crippen LogP) is 0.522. The van der Waals surface area contributed by atoms with Gasteiger partial charge in [-0.1, -0.05) is 0 Å². The number of carbonyl (C=O) groups excluding carboxylic acids is 2. The van der Waals surface area contributed by atoms with Crippen molar-refractivity contribution in [3.63, 3.8) is 0 Å². The van der Waals surface area contributed by atoms with Crippen molar-refractivity contribution in [1.29, 1.82) is 0 Å². The monoisotopic (exact) mass is 250 g/mol. The van der Waals surface area contributed by atoms with Gasteiger partial charge in [-0.3, -0.25) is 4.79 Å². The van der Waals surface area contributed by atoms with Gasteiger partial charge in [0, 0.05) is 6.42 Å². The lowest BCUT2D eigenvalue weighted by atomic mass is 10.1. The van der Waals surface area contributed by atoms with Gasteiger partial charge in [0.1, 0.15) is 5.75 Å². The van der Waals surface area contributed by atoms with Crippen LogP contribution in [0.15, 0.2) is 18.2 Å². The minimum atomic E-state index is -0.615. The number of hydrogen-bond acceptors (Lipinski definition) is 5. The van der Waals surface area contributed by atoms with E-state index >= 15 is 0 Å². The summed E-state index contributed by atoms with van der Waals surface area (Å²) in [5.74, 6) is -0.219. The number of fused-ring (bicyclic) bond motifs is 1. The van der Waals surface area contributed by atoms with E-state index in [-0.39, 0.29) is 5.91 Å². The zero-order chi connectivity index (χ0) is 13.1. The molecule has 2 rings (SSSR count). The van der Waals surface area contributed by atoms with E-state index < -0.39 is 12.1 Å². The molecule has 0 radical (unpaired) electrons. The highest BCUT2D eigenvalue weighted by molar-refractivity contribution is 5.99. The average molecular weight is 250 g/mol. The summed E-state index contributed by atoms with van der Waals surface area (Å²) in [5.41, 5.74) is 6.32. The number of ether oxygens (including phenoxy) is 2. The van der Waals surface area contributed by atoms with E-state index in [0.29, 0.717) is 30.0 Å². The fraction of sp³-hybridized carbons (Fsp3) is 0.333. The molecule has 0 aliphatic carbocycles. The molecule has 0 spiro atoms. The molecule has 1 aliphatic heterocycles. The number of benzene rings is 1. The number of anilines is 1. The van der Waals surface area contributed by atoms with Gasteiger partial charge >= 0.3 is 5.97 Å². The van der Waals surface area contributed by atoms with E-state index in [2.05, 4.69) is 10.1 Å². The van der Waals surface area contributed by atoms with Crippen molar-refractivity contribution in [3.05, 3.63) is 23.8 Å². The summed E-state index contributed by atoms with van der Waals surface area (Å²) in [6.07, 6.45) is -0.191. The summed E-state index contributed by atoms with van der Waals surface area (Å²) in [6, 6.07) is 4.72. The number of nitrogens with one attached hydrogen (secondary N) is 1. The third-order valence-corrected chi connectivity index (χ3v) is 2.65. The maximum absolute atomic E-state index is 11.6. The highest BCUT2D eigenvalue weighted by Gasteiger charge is 2.27. The van der Waals surface area contributed by atoms with Crippen molar-refractivity contribution in [2.24, 2.45) is 5.73 Å². The molecule has 1 amide bonds. The number of hydrogen-bond donors (Lipinski definition) is 2. The van der Waals surface area contributed by atoms with Gasteiger partial charge in [-0.05, 0) is 24.7 Å². The molecule has 0 aromatic heterocycles. The van der Waals surface area contributed by atoms with Crippen LogP contribution in [-0.2, 0) is 9.53 Å². The largest absolute Gasteiger partial charge is 0.478 e. The lowest BCUT2D eigenvalue weighted by molar-refractivity contribution is -0.123. The maximum atomic E-state index is 11.6. The summed E-state index contributed by atoms with van der Waals surface area (Å²) in [4.78, 5) is 23.0. The van der Waals surface area contributed by atoms with Gasteiger partial charge in [0.05, 0.1) is 18.4 Å². The molecular weight excluding hydrogens is 236 g/mol. The van der Waals surface area contributed by atoms with Crippen molar-refractivity contribution >= 4 is 17.6 Å². The topological polar surface area (TPSA) is 90.7 Å². The number of rotatable bonds is 3. The lowest BCUT2D eigenvalue weighted by Gasteiger charge is -2.25. The van der Waals surface area contributed by atoms with Crippen LogP contribution in [0.25, 0.3) is 0 Å². The van der Waals surface area contributed by atoms with Gasteiger partial charge in [-0.2, -0.15) is 0 Å². The standard InChI is InChI=1S/C12H14N2O4/c1-17-12(16)7-2-3-8-10(6-7)18-9(4-5-13)11(15)14-8/h2-3,6,9H,4-5,13H2,1H3,(H,14,15). The fourth-order valence-electron chi connectivity index (χ4n) is 1.73. The van der Waals surface area contributed by atoms with Crippen molar-refractivity contribution in [2.75, 3.05) is 19.0 Å². The SMILES string of the molecule is COC(=O)c1ccc2c(c1)OC(CCN)C(=O)N2. The lowest BCUT2D eigenvalue weighted by Crippen LogP contribution is -2.38. The van der Waals surface area contributed by atoms with E-state index in [1.165, 1.54) is 7.11 Å². The van der Waals surface area contributed by atoms with Gasteiger partial charge in [0.2, 0.25) is 0 Å². The molecule has 1 aliphatic rings. The van der Waals surface area contributed by atoms with Gasteiger partial charge in [0.25, 0.3) is 5.91 Å². The van der Waals surface area contributed by atoms with Crippen LogP contribution < -0.4 is 15.8 Å². The Morgan fingerprint density at radius 1 is 1.56 bits per heavy atom. The molecule has 96 valence electrons. The Bertz CT molecular complexity index is 487. The highest BCUT2D eigenvalue weighted by Crippen LogP contribution is 2.31. The molecule has 1 atom stereocenters. The second-order valence-electron chi connectivity index (χ2n) is 3.88. The Balaban J connectivity index is 2.28. The van der Waals surface area contributed by atoms with Crippen LogP contribution in [-0.4, -0.2) is 31.6 Å². The third kappa shape index (κ3) is 2.28. The van der Waals surface area contributed by atoms with Gasteiger partial charge in [0.15, 0.2) is 6.10 Å². The van der Waals surface area contributed by atoms with E-state index in [9.17, 15) is 9.59 Å². The highest BCUT2D eigenvalue weighted by atomic mass is 16.5. The normalized spacial score (nSPS) is 17.4. The minimum absolute atomic E-state index is 0.223. The first-order valence-corrected chi connectivity index (χ1v) is 5.55. The van der Waals surface area contributed by atoms with Crippen LogP contribution in [0, 0.1) is 0 Å². The number of nitrogens with two attached hydrogens (primary N) is 1. The molecule has 3 N–H and O–H groups in total. The van der Waals surface area contributed by atoms with Crippen LogP contribution >= 0.6 is 0 Å². The van der Waals surface area contributed by atoms with Gasteiger partial charge in [-0.25, -0.2) is 4.79 Å². The quantitative estimate of drug-likeness (QED) is 0.763. The molecule has 1 aromatic rings. The maximum Gasteiger partial charge on any atom is 0.337 e.